The first-order valence-corrected chi connectivity index (χ1v) is 8.99. The standard InChI is InChI=1S/C22H19N5O2/c23-12-15-10-17(3-4-19(15)24)26-18-5-6-25-20(11-18)14-1-2-16-8-13(7-14)9-21(27-16)22(28)29/h1-7,9-12,23,27H,8,24H2,(H,25,26)(H,28,29). The van der Waals surface area contributed by atoms with E-state index >= 15 is 0 Å². The summed E-state index contributed by atoms with van der Waals surface area (Å²) in [7, 11) is 0. The molecule has 7 nitrogen and oxygen atoms in total. The van der Waals surface area contributed by atoms with Crippen LogP contribution in [0.1, 0.15) is 17.7 Å². The largest absolute Gasteiger partial charge is 0.477 e. The first-order valence-electron chi connectivity index (χ1n) is 8.99. The number of fused-ring (bicyclic) bond motifs is 2. The average molecular weight is 385 g/mol. The van der Waals surface area contributed by atoms with Gasteiger partial charge in [0.25, 0.3) is 0 Å². The first kappa shape index (κ1) is 18.2. The lowest BCUT2D eigenvalue weighted by molar-refractivity contribution is -0.133. The lowest BCUT2D eigenvalue weighted by Gasteiger charge is -2.17. The van der Waals surface area contributed by atoms with E-state index in [4.69, 9.17) is 11.1 Å². The van der Waals surface area contributed by atoms with Gasteiger partial charge in [-0.2, -0.15) is 0 Å². The molecule has 2 aliphatic rings. The van der Waals surface area contributed by atoms with Gasteiger partial charge in [0.2, 0.25) is 0 Å². The van der Waals surface area contributed by atoms with Crippen molar-refractivity contribution in [1.29, 1.82) is 5.41 Å². The molecule has 144 valence electrons. The fourth-order valence-electron chi connectivity index (χ4n) is 3.23. The summed E-state index contributed by atoms with van der Waals surface area (Å²) in [6.45, 7) is 0. The zero-order valence-electron chi connectivity index (χ0n) is 15.4. The van der Waals surface area contributed by atoms with Gasteiger partial charge in [-0.1, -0.05) is 6.08 Å². The number of hydrogen-bond acceptors (Lipinski definition) is 6. The van der Waals surface area contributed by atoms with Crippen molar-refractivity contribution in [3.05, 3.63) is 89.1 Å². The van der Waals surface area contributed by atoms with Crippen molar-refractivity contribution in [3.63, 3.8) is 0 Å². The molecule has 29 heavy (non-hydrogen) atoms. The number of nitrogens with two attached hydrogens (primary N) is 1. The number of nitrogens with zero attached hydrogens (tertiary/aromatic N) is 1. The van der Waals surface area contributed by atoms with Gasteiger partial charge in [0.15, 0.2) is 0 Å². The molecule has 1 aliphatic carbocycles. The van der Waals surface area contributed by atoms with Gasteiger partial charge in [-0.3, -0.25) is 4.98 Å². The van der Waals surface area contributed by atoms with Crippen LogP contribution in [0.5, 0.6) is 0 Å². The Labute approximate surface area is 167 Å². The molecule has 0 atom stereocenters. The molecule has 0 radical (unpaired) electrons. The second kappa shape index (κ2) is 7.47. The molecule has 4 rings (SSSR count). The van der Waals surface area contributed by atoms with Crippen LogP contribution in [0.25, 0.3) is 5.57 Å². The Morgan fingerprint density at radius 2 is 2.03 bits per heavy atom. The SMILES string of the molecule is N=Cc1cc(Nc2ccnc(C3=CC=C4CC(=C3)C=C(C(=O)O)N4)c2)ccc1N. The van der Waals surface area contributed by atoms with Crippen LogP contribution in [0.4, 0.5) is 17.1 Å². The van der Waals surface area contributed by atoms with Crippen LogP contribution in [-0.2, 0) is 4.79 Å². The van der Waals surface area contributed by atoms with E-state index < -0.39 is 5.97 Å². The molecule has 0 spiro atoms. The predicted molar refractivity (Wildman–Crippen MR) is 114 cm³/mol. The lowest BCUT2D eigenvalue weighted by atomic mass is 10.0. The van der Waals surface area contributed by atoms with Gasteiger partial charge in [-0.25, -0.2) is 4.79 Å². The number of hydrogen-bond donors (Lipinski definition) is 5. The van der Waals surface area contributed by atoms with Crippen LogP contribution in [0, 0.1) is 5.41 Å². The molecule has 7 heteroatoms. The highest BCUT2D eigenvalue weighted by Crippen LogP contribution is 2.29. The first-order chi connectivity index (χ1) is 14.0. The molecule has 2 aromatic rings. The van der Waals surface area contributed by atoms with Crippen molar-refractivity contribution in [2.24, 2.45) is 0 Å². The third-order valence-electron chi connectivity index (χ3n) is 4.64. The minimum Gasteiger partial charge on any atom is -0.477 e. The molecular formula is C22H19N5O2. The van der Waals surface area contributed by atoms with Crippen LogP contribution in [-0.4, -0.2) is 22.3 Å². The van der Waals surface area contributed by atoms with Crippen LogP contribution in [0.15, 0.2) is 77.8 Å². The van der Waals surface area contributed by atoms with E-state index in [-0.39, 0.29) is 5.70 Å². The molecule has 2 heterocycles. The third kappa shape index (κ3) is 3.93. The monoisotopic (exact) mass is 385 g/mol. The van der Waals surface area contributed by atoms with Crippen molar-refractivity contribution in [2.75, 3.05) is 11.1 Å². The molecular weight excluding hydrogens is 366 g/mol. The van der Waals surface area contributed by atoms with Crippen molar-refractivity contribution < 1.29 is 9.90 Å². The molecule has 0 saturated carbocycles. The smallest absolute Gasteiger partial charge is 0.352 e. The normalized spacial score (nSPS) is 15.0. The maximum absolute atomic E-state index is 11.3. The molecule has 1 aliphatic heterocycles. The molecule has 6 N–H and O–H groups in total. The molecule has 0 fully saturated rings. The second-order valence-electron chi connectivity index (χ2n) is 6.74. The minimum absolute atomic E-state index is 0.164. The zero-order chi connectivity index (χ0) is 20.4. The number of allylic oxidation sites excluding steroid dienone is 6. The highest BCUT2D eigenvalue weighted by Gasteiger charge is 2.18. The van der Waals surface area contributed by atoms with Crippen molar-refractivity contribution in [3.8, 4) is 0 Å². The number of pyridine rings is 1. The summed E-state index contributed by atoms with van der Waals surface area (Å²) in [5, 5.41) is 22.9. The maximum atomic E-state index is 11.3. The van der Waals surface area contributed by atoms with Gasteiger partial charge >= 0.3 is 5.97 Å². The summed E-state index contributed by atoms with van der Waals surface area (Å²) >= 11 is 0. The summed E-state index contributed by atoms with van der Waals surface area (Å²) in [4.78, 5) is 15.8. The van der Waals surface area contributed by atoms with E-state index in [1.165, 1.54) is 6.21 Å². The summed E-state index contributed by atoms with van der Waals surface area (Å²) < 4.78 is 0. The van der Waals surface area contributed by atoms with Gasteiger partial charge in [0.1, 0.15) is 5.70 Å². The molecule has 0 saturated heterocycles. The Morgan fingerprint density at radius 1 is 1.21 bits per heavy atom. The highest BCUT2D eigenvalue weighted by atomic mass is 16.4. The van der Waals surface area contributed by atoms with Gasteiger partial charge in [-0.05, 0) is 54.1 Å². The van der Waals surface area contributed by atoms with Crippen LogP contribution in [0.3, 0.4) is 0 Å². The number of carboxylic acids is 1. The van der Waals surface area contributed by atoms with Gasteiger partial charge in [0, 0.05) is 52.7 Å². The molecule has 2 bridgehead atoms. The summed E-state index contributed by atoms with van der Waals surface area (Å²) in [6.07, 6.45) is 11.0. The van der Waals surface area contributed by atoms with E-state index in [1.807, 2.05) is 42.5 Å². The number of carboxylic acid groups (broad SMARTS) is 1. The zero-order valence-corrected chi connectivity index (χ0v) is 15.4. The van der Waals surface area contributed by atoms with Crippen molar-refractivity contribution in [2.45, 2.75) is 6.42 Å². The molecule has 0 amide bonds. The number of carbonyl (C=O) groups is 1. The number of rotatable bonds is 5. The van der Waals surface area contributed by atoms with Crippen molar-refractivity contribution >= 4 is 34.8 Å². The second-order valence-corrected chi connectivity index (χ2v) is 6.74. The Balaban J connectivity index is 1.63. The van der Waals surface area contributed by atoms with E-state index in [1.54, 1.807) is 18.3 Å². The number of anilines is 3. The minimum atomic E-state index is -0.984. The van der Waals surface area contributed by atoms with E-state index in [2.05, 4.69) is 15.6 Å². The Morgan fingerprint density at radius 3 is 2.83 bits per heavy atom. The molecule has 1 aromatic heterocycles. The Bertz CT molecular complexity index is 1140. The summed E-state index contributed by atoms with van der Waals surface area (Å²) in [5.41, 5.74) is 12.3. The fraction of sp³-hybridized carbons (Fsp3) is 0.0455. The number of benzene rings is 1. The van der Waals surface area contributed by atoms with Crippen LogP contribution < -0.4 is 16.4 Å². The molecule has 0 unspecified atom stereocenters. The predicted octanol–water partition coefficient (Wildman–Crippen LogP) is 3.57. The quantitative estimate of drug-likeness (QED) is 0.396. The lowest BCUT2D eigenvalue weighted by Crippen LogP contribution is -2.23. The van der Waals surface area contributed by atoms with E-state index in [0.717, 1.165) is 33.9 Å². The third-order valence-corrected chi connectivity index (χ3v) is 4.64. The Kier molecular flexibility index (Phi) is 4.70. The molecule has 1 aromatic carbocycles. The van der Waals surface area contributed by atoms with E-state index in [0.29, 0.717) is 17.7 Å². The number of aromatic nitrogens is 1. The maximum Gasteiger partial charge on any atom is 0.352 e. The Hall–Kier alpha value is -4.13. The number of nitrogen functional groups attached to an aromatic ring is 1. The topological polar surface area (TPSA) is 124 Å². The number of nitrogens with one attached hydrogen (secondary N) is 3. The fourth-order valence-corrected chi connectivity index (χ4v) is 3.23. The van der Waals surface area contributed by atoms with Crippen LogP contribution >= 0.6 is 0 Å². The van der Waals surface area contributed by atoms with Crippen LogP contribution in [0.2, 0.25) is 0 Å². The number of aliphatic carboxylic acids is 1. The van der Waals surface area contributed by atoms with Gasteiger partial charge in [0.05, 0.1) is 5.69 Å². The van der Waals surface area contributed by atoms with Gasteiger partial charge in [-0.15, -0.1) is 0 Å². The average Bonchev–Trinajstić information content (AvgIpc) is 2.87. The van der Waals surface area contributed by atoms with E-state index in [9.17, 15) is 9.90 Å². The highest BCUT2D eigenvalue weighted by molar-refractivity contribution is 5.89. The van der Waals surface area contributed by atoms with Crippen molar-refractivity contribution in [1.82, 2.24) is 10.3 Å². The summed E-state index contributed by atoms with van der Waals surface area (Å²) in [5.74, 6) is -0.984. The summed E-state index contributed by atoms with van der Waals surface area (Å²) in [6, 6.07) is 9.20. The van der Waals surface area contributed by atoms with Gasteiger partial charge < -0.3 is 26.9 Å².